The van der Waals surface area contributed by atoms with Crippen LogP contribution in [-0.2, 0) is 13.0 Å². The third-order valence-corrected chi connectivity index (χ3v) is 7.04. The van der Waals surface area contributed by atoms with Crippen molar-refractivity contribution in [2.24, 2.45) is 0 Å². The SMILES string of the molecule is COc1ccc2c(c1)C(CCN[C@H]1CC1c1ccc(OCc3ccccc3)cc1)CCC2. The van der Waals surface area contributed by atoms with Crippen LogP contribution in [-0.4, -0.2) is 19.7 Å². The van der Waals surface area contributed by atoms with Crippen LogP contribution in [0.25, 0.3) is 0 Å². The predicted molar refractivity (Wildman–Crippen MR) is 130 cm³/mol. The number of aryl methyl sites for hydroxylation is 1. The molecule has 3 heteroatoms. The zero-order chi connectivity index (χ0) is 21.8. The van der Waals surface area contributed by atoms with Crippen LogP contribution in [0.5, 0.6) is 11.5 Å². The number of hydrogen-bond donors (Lipinski definition) is 1. The number of fused-ring (bicyclic) bond motifs is 1. The average molecular weight is 428 g/mol. The van der Waals surface area contributed by atoms with Crippen LogP contribution in [0.4, 0.5) is 0 Å². The van der Waals surface area contributed by atoms with E-state index in [1.807, 2.05) is 18.2 Å². The second kappa shape index (κ2) is 9.79. The second-order valence-electron chi connectivity index (χ2n) is 9.19. The summed E-state index contributed by atoms with van der Waals surface area (Å²) in [6.45, 7) is 1.70. The number of benzene rings is 3. The molecule has 0 radical (unpaired) electrons. The van der Waals surface area contributed by atoms with Crippen molar-refractivity contribution in [3.8, 4) is 11.5 Å². The van der Waals surface area contributed by atoms with E-state index in [4.69, 9.17) is 9.47 Å². The molecule has 0 bridgehead atoms. The van der Waals surface area contributed by atoms with E-state index < -0.39 is 0 Å². The summed E-state index contributed by atoms with van der Waals surface area (Å²) in [5.41, 5.74) is 5.64. The van der Waals surface area contributed by atoms with Crippen LogP contribution < -0.4 is 14.8 Å². The summed E-state index contributed by atoms with van der Waals surface area (Å²) >= 11 is 0. The van der Waals surface area contributed by atoms with Gasteiger partial charge in [0.15, 0.2) is 0 Å². The average Bonchev–Trinajstić information content (AvgIpc) is 3.63. The Morgan fingerprint density at radius 1 is 0.938 bits per heavy atom. The van der Waals surface area contributed by atoms with E-state index in [0.717, 1.165) is 18.0 Å². The quantitative estimate of drug-likeness (QED) is 0.439. The predicted octanol–water partition coefficient (Wildman–Crippen LogP) is 6.23. The molecule has 0 spiro atoms. The van der Waals surface area contributed by atoms with Crippen molar-refractivity contribution in [2.75, 3.05) is 13.7 Å². The highest BCUT2D eigenvalue weighted by Gasteiger charge is 2.37. The van der Waals surface area contributed by atoms with Crippen molar-refractivity contribution < 1.29 is 9.47 Å². The summed E-state index contributed by atoms with van der Waals surface area (Å²) in [5, 5.41) is 3.81. The fourth-order valence-corrected chi connectivity index (χ4v) is 5.09. The van der Waals surface area contributed by atoms with Gasteiger partial charge in [-0.3, -0.25) is 0 Å². The summed E-state index contributed by atoms with van der Waals surface area (Å²) in [6.07, 6.45) is 6.24. The van der Waals surface area contributed by atoms with E-state index >= 15 is 0 Å². The van der Waals surface area contributed by atoms with Gasteiger partial charge >= 0.3 is 0 Å². The minimum atomic E-state index is 0.611. The smallest absolute Gasteiger partial charge is 0.119 e. The fraction of sp³-hybridized carbons (Fsp3) is 0.379. The summed E-state index contributed by atoms with van der Waals surface area (Å²) in [5.74, 6) is 3.22. The van der Waals surface area contributed by atoms with Crippen molar-refractivity contribution in [1.29, 1.82) is 0 Å². The molecule has 0 aliphatic heterocycles. The van der Waals surface area contributed by atoms with E-state index in [2.05, 4.69) is 59.9 Å². The molecule has 5 rings (SSSR count). The molecule has 32 heavy (non-hydrogen) atoms. The van der Waals surface area contributed by atoms with Gasteiger partial charge in [0.25, 0.3) is 0 Å². The van der Waals surface area contributed by atoms with Gasteiger partial charge in [-0.05, 0) is 91.1 Å². The molecule has 2 aliphatic rings. The molecular formula is C29H33NO2. The van der Waals surface area contributed by atoms with Gasteiger partial charge in [-0.25, -0.2) is 0 Å². The van der Waals surface area contributed by atoms with E-state index in [1.54, 1.807) is 7.11 Å². The van der Waals surface area contributed by atoms with E-state index in [1.165, 1.54) is 54.4 Å². The highest BCUT2D eigenvalue weighted by Crippen LogP contribution is 2.42. The van der Waals surface area contributed by atoms with E-state index in [0.29, 0.717) is 24.5 Å². The van der Waals surface area contributed by atoms with Crippen molar-refractivity contribution in [2.45, 2.75) is 56.6 Å². The molecule has 2 aliphatic carbocycles. The lowest BCUT2D eigenvalue weighted by Gasteiger charge is -2.26. The van der Waals surface area contributed by atoms with E-state index in [-0.39, 0.29) is 0 Å². The van der Waals surface area contributed by atoms with Gasteiger partial charge in [-0.2, -0.15) is 0 Å². The first-order chi connectivity index (χ1) is 15.8. The number of methoxy groups -OCH3 is 1. The third-order valence-electron chi connectivity index (χ3n) is 7.04. The van der Waals surface area contributed by atoms with Crippen molar-refractivity contribution >= 4 is 0 Å². The van der Waals surface area contributed by atoms with Crippen LogP contribution >= 0.6 is 0 Å². The first-order valence-electron chi connectivity index (χ1n) is 12.0. The maximum Gasteiger partial charge on any atom is 0.119 e. The zero-order valence-electron chi connectivity index (χ0n) is 18.9. The Morgan fingerprint density at radius 3 is 2.56 bits per heavy atom. The third kappa shape index (κ3) is 4.99. The topological polar surface area (TPSA) is 30.5 Å². The molecule has 3 atom stereocenters. The molecular weight excluding hydrogens is 394 g/mol. The lowest BCUT2D eigenvalue weighted by Crippen LogP contribution is -2.22. The minimum Gasteiger partial charge on any atom is -0.497 e. The Labute approximate surface area is 191 Å². The lowest BCUT2D eigenvalue weighted by molar-refractivity contribution is 0.306. The molecule has 166 valence electrons. The minimum absolute atomic E-state index is 0.611. The Kier molecular flexibility index (Phi) is 6.45. The molecule has 2 unspecified atom stereocenters. The normalized spacial score (nSPS) is 21.6. The largest absolute Gasteiger partial charge is 0.497 e. The number of ether oxygens (including phenoxy) is 2. The van der Waals surface area contributed by atoms with Crippen LogP contribution in [0.1, 0.15) is 59.8 Å². The van der Waals surface area contributed by atoms with Gasteiger partial charge in [0.1, 0.15) is 18.1 Å². The highest BCUT2D eigenvalue weighted by molar-refractivity contribution is 5.39. The van der Waals surface area contributed by atoms with Gasteiger partial charge in [0.05, 0.1) is 7.11 Å². The Hall–Kier alpha value is -2.78. The molecule has 3 nitrogen and oxygen atoms in total. The van der Waals surface area contributed by atoms with Gasteiger partial charge < -0.3 is 14.8 Å². The molecule has 0 heterocycles. The molecule has 3 aromatic rings. The van der Waals surface area contributed by atoms with Gasteiger partial charge in [-0.1, -0.05) is 48.5 Å². The van der Waals surface area contributed by atoms with Gasteiger partial charge in [0, 0.05) is 12.0 Å². The number of nitrogens with one attached hydrogen (secondary N) is 1. The number of rotatable bonds is 9. The van der Waals surface area contributed by atoms with E-state index in [9.17, 15) is 0 Å². The molecule has 0 aromatic heterocycles. The highest BCUT2D eigenvalue weighted by atomic mass is 16.5. The standard InChI is InChI=1S/C29H33NO2/c1-31-26-15-12-22-8-5-9-23(27(22)18-26)16-17-30-29-19-28(29)24-10-13-25(14-11-24)32-20-21-6-3-2-4-7-21/h2-4,6-7,10-15,18,23,28-30H,5,8-9,16-17,19-20H2,1H3/t23?,28?,29-/m0/s1. The summed E-state index contributed by atoms with van der Waals surface area (Å²) in [6, 6.07) is 26.2. The second-order valence-corrected chi connectivity index (χ2v) is 9.19. The van der Waals surface area contributed by atoms with Crippen molar-refractivity contribution in [1.82, 2.24) is 5.32 Å². The first-order valence-corrected chi connectivity index (χ1v) is 12.0. The Balaban J connectivity index is 1.09. The summed E-state index contributed by atoms with van der Waals surface area (Å²) < 4.78 is 11.4. The molecule has 1 saturated carbocycles. The zero-order valence-corrected chi connectivity index (χ0v) is 18.9. The monoisotopic (exact) mass is 427 g/mol. The lowest BCUT2D eigenvalue weighted by atomic mass is 9.81. The van der Waals surface area contributed by atoms with Crippen LogP contribution in [0.2, 0.25) is 0 Å². The summed E-state index contributed by atoms with van der Waals surface area (Å²) in [7, 11) is 1.76. The molecule has 1 fully saturated rings. The fourth-order valence-electron chi connectivity index (χ4n) is 5.09. The molecule has 0 amide bonds. The van der Waals surface area contributed by atoms with Gasteiger partial charge in [0.2, 0.25) is 0 Å². The summed E-state index contributed by atoms with van der Waals surface area (Å²) in [4.78, 5) is 0. The maximum atomic E-state index is 5.93. The van der Waals surface area contributed by atoms with Crippen LogP contribution in [0.3, 0.4) is 0 Å². The maximum absolute atomic E-state index is 5.93. The molecule has 3 aromatic carbocycles. The Bertz CT molecular complexity index is 1020. The first kappa shape index (κ1) is 21.1. The van der Waals surface area contributed by atoms with Crippen molar-refractivity contribution in [3.63, 3.8) is 0 Å². The van der Waals surface area contributed by atoms with Gasteiger partial charge in [-0.15, -0.1) is 0 Å². The van der Waals surface area contributed by atoms with Crippen LogP contribution in [0, 0.1) is 0 Å². The van der Waals surface area contributed by atoms with Crippen LogP contribution in [0.15, 0.2) is 72.8 Å². The molecule has 0 saturated heterocycles. The van der Waals surface area contributed by atoms with Crippen molar-refractivity contribution in [3.05, 3.63) is 95.1 Å². The number of hydrogen-bond acceptors (Lipinski definition) is 3. The molecule has 1 N–H and O–H groups in total. The Morgan fingerprint density at radius 2 is 1.75 bits per heavy atom.